The van der Waals surface area contributed by atoms with Crippen LogP contribution in [0.4, 0.5) is 0 Å². The second kappa shape index (κ2) is 11.8. The highest BCUT2D eigenvalue weighted by atomic mass is 32.1. The lowest BCUT2D eigenvalue weighted by Gasteiger charge is -2.09. The minimum Gasteiger partial charge on any atom is -0.208 e. The van der Waals surface area contributed by atoms with Crippen LogP contribution in [0, 0.1) is 0 Å². The van der Waals surface area contributed by atoms with Gasteiger partial charge in [-0.15, -0.1) is 22.7 Å². The molecular formula is C45H27N3S2. The van der Waals surface area contributed by atoms with Crippen LogP contribution in [0.3, 0.4) is 0 Å². The highest BCUT2D eigenvalue weighted by molar-refractivity contribution is 7.26. The van der Waals surface area contributed by atoms with Gasteiger partial charge in [-0.2, -0.15) is 0 Å². The van der Waals surface area contributed by atoms with E-state index in [0.717, 1.165) is 16.7 Å². The smallest absolute Gasteiger partial charge is 0.164 e. The van der Waals surface area contributed by atoms with Gasteiger partial charge in [0.05, 0.1) is 0 Å². The van der Waals surface area contributed by atoms with E-state index >= 15 is 0 Å². The van der Waals surface area contributed by atoms with Gasteiger partial charge >= 0.3 is 0 Å². The molecule has 0 saturated heterocycles. The molecule has 3 aromatic heterocycles. The molecule has 50 heavy (non-hydrogen) atoms. The topological polar surface area (TPSA) is 38.7 Å². The number of thiophene rings is 2. The van der Waals surface area contributed by atoms with Crippen molar-refractivity contribution < 1.29 is 0 Å². The largest absolute Gasteiger partial charge is 0.208 e. The third kappa shape index (κ3) is 5.07. The molecule has 234 valence electrons. The molecule has 0 aliphatic carbocycles. The zero-order valence-corrected chi connectivity index (χ0v) is 28.4. The van der Waals surface area contributed by atoms with Crippen LogP contribution in [0.25, 0.3) is 96.8 Å². The van der Waals surface area contributed by atoms with E-state index in [0.29, 0.717) is 17.5 Å². The molecule has 0 bridgehead atoms. The SMILES string of the molecule is c1ccc(-c2ccc3sc4cc(-c5nc(-c6ccccc6)nc(-c6ccc7c(c6)sc6ccc(-c8ccccc8)cc67)n5)ccc4c3c2)cc1. The van der Waals surface area contributed by atoms with Crippen LogP contribution in [0.15, 0.2) is 164 Å². The lowest BCUT2D eigenvalue weighted by Crippen LogP contribution is -2.00. The van der Waals surface area contributed by atoms with Gasteiger partial charge in [0.15, 0.2) is 17.5 Å². The Morgan fingerprint density at radius 1 is 0.260 bits per heavy atom. The van der Waals surface area contributed by atoms with Crippen molar-refractivity contribution in [2.75, 3.05) is 0 Å². The molecule has 3 heterocycles. The Kier molecular flexibility index (Phi) is 6.86. The minimum atomic E-state index is 0.665. The average Bonchev–Trinajstić information content (AvgIpc) is 3.75. The maximum atomic E-state index is 5.12. The summed E-state index contributed by atoms with van der Waals surface area (Å²) >= 11 is 3.62. The van der Waals surface area contributed by atoms with Gasteiger partial charge in [-0.3, -0.25) is 0 Å². The van der Waals surface area contributed by atoms with Gasteiger partial charge in [0.25, 0.3) is 0 Å². The van der Waals surface area contributed by atoms with Crippen LogP contribution in [0.5, 0.6) is 0 Å². The van der Waals surface area contributed by atoms with E-state index in [1.807, 2.05) is 40.9 Å². The Hall–Kier alpha value is -6.01. The van der Waals surface area contributed by atoms with E-state index in [4.69, 9.17) is 15.0 Å². The fraction of sp³-hybridized carbons (Fsp3) is 0. The Labute approximate surface area is 296 Å². The lowest BCUT2D eigenvalue weighted by molar-refractivity contribution is 1.08. The van der Waals surface area contributed by atoms with Crippen molar-refractivity contribution in [3.8, 4) is 56.4 Å². The third-order valence-electron chi connectivity index (χ3n) is 9.34. The second-order valence-corrected chi connectivity index (χ2v) is 14.6. The molecule has 0 aliphatic heterocycles. The molecule has 0 aliphatic rings. The Morgan fingerprint density at radius 2 is 0.640 bits per heavy atom. The minimum absolute atomic E-state index is 0.665. The lowest BCUT2D eigenvalue weighted by atomic mass is 10.0. The predicted octanol–water partition coefficient (Wildman–Crippen LogP) is 12.9. The van der Waals surface area contributed by atoms with Crippen molar-refractivity contribution in [3.63, 3.8) is 0 Å². The maximum Gasteiger partial charge on any atom is 0.164 e. The van der Waals surface area contributed by atoms with E-state index in [1.54, 1.807) is 0 Å². The molecule has 0 atom stereocenters. The highest BCUT2D eigenvalue weighted by Gasteiger charge is 2.16. The van der Waals surface area contributed by atoms with Crippen LogP contribution in [0.2, 0.25) is 0 Å². The van der Waals surface area contributed by atoms with Crippen molar-refractivity contribution in [3.05, 3.63) is 164 Å². The third-order valence-corrected chi connectivity index (χ3v) is 11.6. The zero-order chi connectivity index (χ0) is 33.0. The first-order valence-corrected chi connectivity index (χ1v) is 18.2. The molecule has 0 spiro atoms. The second-order valence-electron chi connectivity index (χ2n) is 12.5. The summed E-state index contributed by atoms with van der Waals surface area (Å²) in [5.74, 6) is 2.00. The van der Waals surface area contributed by atoms with E-state index in [9.17, 15) is 0 Å². The van der Waals surface area contributed by atoms with Gasteiger partial charge in [0.1, 0.15) is 0 Å². The molecule has 10 aromatic rings. The normalized spacial score (nSPS) is 11.6. The van der Waals surface area contributed by atoms with Crippen molar-refractivity contribution in [2.45, 2.75) is 0 Å². The monoisotopic (exact) mass is 673 g/mol. The van der Waals surface area contributed by atoms with E-state index in [-0.39, 0.29) is 0 Å². The summed E-state index contributed by atoms with van der Waals surface area (Å²) < 4.78 is 4.97. The molecule has 0 fully saturated rings. The molecule has 0 amide bonds. The molecule has 10 rings (SSSR count). The van der Waals surface area contributed by atoms with Gasteiger partial charge in [-0.05, 0) is 58.7 Å². The maximum absolute atomic E-state index is 5.12. The molecule has 0 unspecified atom stereocenters. The number of aromatic nitrogens is 3. The summed E-state index contributed by atoms with van der Waals surface area (Å²) in [4.78, 5) is 15.2. The first-order valence-electron chi connectivity index (χ1n) is 16.6. The molecule has 3 nitrogen and oxygen atoms in total. The Bertz CT molecular complexity index is 2680. The van der Waals surface area contributed by atoms with Crippen molar-refractivity contribution >= 4 is 63.0 Å². The van der Waals surface area contributed by atoms with Crippen LogP contribution < -0.4 is 0 Å². The first-order chi connectivity index (χ1) is 24.7. The van der Waals surface area contributed by atoms with Gasteiger partial charge in [0.2, 0.25) is 0 Å². The fourth-order valence-electron chi connectivity index (χ4n) is 6.80. The Morgan fingerprint density at radius 3 is 1.08 bits per heavy atom. The number of fused-ring (bicyclic) bond motifs is 6. The first kappa shape index (κ1) is 29.0. The molecule has 0 N–H and O–H groups in total. The van der Waals surface area contributed by atoms with E-state index in [2.05, 4.69) is 146 Å². The summed E-state index contributed by atoms with van der Waals surface area (Å²) in [5, 5.41) is 5.03. The molecule has 7 aromatic carbocycles. The quantitative estimate of drug-likeness (QED) is 0.182. The summed E-state index contributed by atoms with van der Waals surface area (Å²) in [6.07, 6.45) is 0. The van der Waals surface area contributed by atoms with Gasteiger partial charge < -0.3 is 0 Å². The van der Waals surface area contributed by atoms with Gasteiger partial charge in [0, 0.05) is 57.0 Å². The summed E-state index contributed by atoms with van der Waals surface area (Å²) in [6, 6.07) is 58.0. The van der Waals surface area contributed by atoms with Crippen LogP contribution in [0.1, 0.15) is 0 Å². The highest BCUT2D eigenvalue weighted by Crippen LogP contribution is 2.40. The Balaban J connectivity index is 1.09. The van der Waals surface area contributed by atoms with Crippen LogP contribution >= 0.6 is 22.7 Å². The molecule has 5 heteroatoms. The average molecular weight is 674 g/mol. The number of benzene rings is 7. The van der Waals surface area contributed by atoms with Crippen molar-refractivity contribution in [2.24, 2.45) is 0 Å². The summed E-state index contributed by atoms with van der Waals surface area (Å²) in [5.41, 5.74) is 7.82. The van der Waals surface area contributed by atoms with Crippen LogP contribution in [-0.4, -0.2) is 15.0 Å². The van der Waals surface area contributed by atoms with Crippen molar-refractivity contribution in [1.82, 2.24) is 15.0 Å². The van der Waals surface area contributed by atoms with E-state index < -0.39 is 0 Å². The molecule has 0 saturated carbocycles. The predicted molar refractivity (Wildman–Crippen MR) is 213 cm³/mol. The number of hydrogen-bond donors (Lipinski definition) is 0. The zero-order valence-electron chi connectivity index (χ0n) is 26.7. The molecule has 0 radical (unpaired) electrons. The standard InChI is InChI=1S/C45H27N3S2/c1-4-10-28(11-5-1)31-18-22-39-37(24-31)35-20-16-33(26-41(35)49-39)44-46-43(30-14-8-3-9-15-30)47-45(48-44)34-17-21-36-38-25-32(29-12-6-2-7-13-29)19-23-40(38)50-42(36)27-34/h1-27H. The van der Waals surface area contributed by atoms with Gasteiger partial charge in [-0.25, -0.2) is 15.0 Å². The fourth-order valence-corrected chi connectivity index (χ4v) is 9.05. The van der Waals surface area contributed by atoms with Crippen LogP contribution in [-0.2, 0) is 0 Å². The number of nitrogens with zero attached hydrogens (tertiary/aromatic N) is 3. The number of rotatable bonds is 5. The molecular weight excluding hydrogens is 647 g/mol. The van der Waals surface area contributed by atoms with Crippen molar-refractivity contribution in [1.29, 1.82) is 0 Å². The summed E-state index contributed by atoms with van der Waals surface area (Å²) in [6.45, 7) is 0. The number of hydrogen-bond acceptors (Lipinski definition) is 5. The summed E-state index contributed by atoms with van der Waals surface area (Å²) in [7, 11) is 0. The van der Waals surface area contributed by atoms with Gasteiger partial charge in [-0.1, -0.05) is 127 Å². The van der Waals surface area contributed by atoms with E-state index in [1.165, 1.54) is 62.6 Å².